The zero-order valence-corrected chi connectivity index (χ0v) is 13.2. The number of hydrogen-bond acceptors (Lipinski definition) is 4. The van der Waals surface area contributed by atoms with Crippen LogP contribution in [0.1, 0.15) is 44.9 Å². The van der Waals surface area contributed by atoms with Gasteiger partial charge in [0.1, 0.15) is 12.6 Å². The minimum absolute atomic E-state index is 0.00777. The maximum atomic E-state index is 12.3. The average Bonchev–Trinajstić information content (AvgIpc) is 2.53. The maximum Gasteiger partial charge on any atom is 0.326 e. The van der Waals surface area contributed by atoms with E-state index in [0.717, 1.165) is 25.7 Å². The molecule has 1 saturated carbocycles. The number of nitrogens with zero attached hydrogens (tertiary/aromatic N) is 2. The molecule has 1 heterocycles. The zero-order valence-electron chi connectivity index (χ0n) is 13.2. The van der Waals surface area contributed by atoms with Crippen LogP contribution < -0.4 is 5.56 Å². The Kier molecular flexibility index (Phi) is 5.05. The highest BCUT2D eigenvalue weighted by Gasteiger charge is 2.17. The minimum Gasteiger partial charge on any atom is -0.461 e. The molecule has 122 valence electrons. The summed E-state index contributed by atoms with van der Waals surface area (Å²) in [4.78, 5) is 28.4. The summed E-state index contributed by atoms with van der Waals surface area (Å²) >= 11 is 0. The van der Waals surface area contributed by atoms with Gasteiger partial charge in [0.05, 0.1) is 17.2 Å². The Morgan fingerprint density at radius 2 is 1.83 bits per heavy atom. The van der Waals surface area contributed by atoms with Crippen LogP contribution in [0.2, 0.25) is 0 Å². The number of carbonyl (C=O) groups excluding carboxylic acids is 1. The van der Waals surface area contributed by atoms with Gasteiger partial charge in [0.2, 0.25) is 0 Å². The molecule has 1 aromatic carbocycles. The molecule has 0 bridgehead atoms. The van der Waals surface area contributed by atoms with Crippen molar-refractivity contribution in [1.82, 2.24) is 9.55 Å². The van der Waals surface area contributed by atoms with Crippen LogP contribution in [0, 0.1) is 0 Å². The fraction of sp³-hybridized carbons (Fsp3) is 0.500. The van der Waals surface area contributed by atoms with Crippen molar-refractivity contribution in [1.29, 1.82) is 0 Å². The lowest BCUT2D eigenvalue weighted by atomic mass is 9.99. The van der Waals surface area contributed by atoms with E-state index in [0.29, 0.717) is 11.0 Å². The Bertz CT molecular complexity index is 730. The predicted molar refractivity (Wildman–Crippen MR) is 88.2 cm³/mol. The highest BCUT2D eigenvalue weighted by atomic mass is 16.5. The van der Waals surface area contributed by atoms with Gasteiger partial charge in [0, 0.05) is 0 Å². The molecule has 5 nitrogen and oxygen atoms in total. The lowest BCUT2D eigenvalue weighted by Crippen LogP contribution is -2.28. The first-order valence-corrected chi connectivity index (χ1v) is 8.38. The van der Waals surface area contributed by atoms with Gasteiger partial charge in [0.15, 0.2) is 0 Å². The standard InChI is InChI=1S/C18H22N2O3/c21-17-12-19-15-10-6-7-11-16(15)20(17)13-18(22)23-14-8-4-2-1-3-5-9-14/h6-7,10-12,14H,1-5,8-9,13H2. The molecule has 1 aromatic heterocycles. The van der Waals surface area contributed by atoms with Crippen molar-refractivity contribution >= 4 is 17.0 Å². The van der Waals surface area contributed by atoms with Gasteiger partial charge in [-0.25, -0.2) is 4.98 Å². The third kappa shape index (κ3) is 3.97. The lowest BCUT2D eigenvalue weighted by molar-refractivity contribution is -0.150. The molecule has 1 aliphatic carbocycles. The van der Waals surface area contributed by atoms with Gasteiger partial charge in [-0.2, -0.15) is 0 Å². The molecule has 1 fully saturated rings. The fourth-order valence-corrected chi connectivity index (χ4v) is 3.17. The zero-order chi connectivity index (χ0) is 16.1. The second-order valence-electron chi connectivity index (χ2n) is 6.13. The molecule has 0 saturated heterocycles. The molecule has 0 atom stereocenters. The number of hydrogen-bond donors (Lipinski definition) is 0. The van der Waals surface area contributed by atoms with Crippen LogP contribution in [-0.4, -0.2) is 21.6 Å². The molecule has 0 aliphatic heterocycles. The van der Waals surface area contributed by atoms with Crippen molar-refractivity contribution in [3.8, 4) is 0 Å². The maximum absolute atomic E-state index is 12.3. The molecule has 0 radical (unpaired) electrons. The third-order valence-corrected chi connectivity index (χ3v) is 4.39. The van der Waals surface area contributed by atoms with Crippen molar-refractivity contribution < 1.29 is 9.53 Å². The Morgan fingerprint density at radius 3 is 2.61 bits per heavy atom. The summed E-state index contributed by atoms with van der Waals surface area (Å²) in [6, 6.07) is 7.31. The molecular weight excluding hydrogens is 292 g/mol. The average molecular weight is 314 g/mol. The van der Waals surface area contributed by atoms with Crippen LogP contribution in [-0.2, 0) is 16.1 Å². The van der Waals surface area contributed by atoms with E-state index in [4.69, 9.17) is 4.74 Å². The Morgan fingerprint density at radius 1 is 1.13 bits per heavy atom. The molecule has 0 N–H and O–H groups in total. The summed E-state index contributed by atoms with van der Waals surface area (Å²) < 4.78 is 7.05. The van der Waals surface area contributed by atoms with Gasteiger partial charge in [-0.05, 0) is 37.8 Å². The first-order valence-electron chi connectivity index (χ1n) is 8.38. The van der Waals surface area contributed by atoms with E-state index in [1.54, 1.807) is 6.07 Å². The Labute approximate surface area is 135 Å². The number of ether oxygens (including phenoxy) is 1. The van der Waals surface area contributed by atoms with E-state index in [9.17, 15) is 9.59 Å². The summed E-state index contributed by atoms with van der Waals surface area (Å²) in [5, 5.41) is 0. The number of fused-ring (bicyclic) bond motifs is 1. The Hall–Kier alpha value is -2.17. The second kappa shape index (κ2) is 7.40. The van der Waals surface area contributed by atoms with Crippen molar-refractivity contribution in [3.05, 3.63) is 40.8 Å². The molecular formula is C18H22N2O3. The number of esters is 1. The molecule has 5 heteroatoms. The van der Waals surface area contributed by atoms with E-state index in [1.807, 2.05) is 18.2 Å². The molecule has 3 rings (SSSR count). The van der Waals surface area contributed by atoms with Crippen molar-refractivity contribution in [2.45, 2.75) is 57.6 Å². The van der Waals surface area contributed by atoms with E-state index < -0.39 is 0 Å². The summed E-state index contributed by atoms with van der Waals surface area (Å²) in [6.45, 7) is -0.0572. The number of rotatable bonds is 3. The summed E-state index contributed by atoms with van der Waals surface area (Å²) in [7, 11) is 0. The van der Waals surface area contributed by atoms with E-state index >= 15 is 0 Å². The second-order valence-corrected chi connectivity index (χ2v) is 6.13. The van der Waals surface area contributed by atoms with Crippen LogP contribution in [0.4, 0.5) is 0 Å². The normalized spacial score (nSPS) is 16.7. The SMILES string of the molecule is O=C(Cn1c(=O)cnc2ccccc21)OC1CCCCCCC1. The highest BCUT2D eigenvalue weighted by molar-refractivity contribution is 5.77. The van der Waals surface area contributed by atoms with Crippen LogP contribution in [0.15, 0.2) is 35.3 Å². The molecule has 0 amide bonds. The molecule has 23 heavy (non-hydrogen) atoms. The Balaban J connectivity index is 1.72. The van der Waals surface area contributed by atoms with Crippen LogP contribution in [0.3, 0.4) is 0 Å². The van der Waals surface area contributed by atoms with Gasteiger partial charge in [-0.15, -0.1) is 0 Å². The first-order chi connectivity index (χ1) is 11.2. The van der Waals surface area contributed by atoms with Crippen molar-refractivity contribution in [2.24, 2.45) is 0 Å². The van der Waals surface area contributed by atoms with Crippen molar-refractivity contribution in [3.63, 3.8) is 0 Å². The predicted octanol–water partition coefficient (Wildman–Crippen LogP) is 3.05. The van der Waals surface area contributed by atoms with Crippen molar-refractivity contribution in [2.75, 3.05) is 0 Å². The molecule has 0 spiro atoms. The summed E-state index contributed by atoms with van der Waals surface area (Å²) in [5.41, 5.74) is 1.08. The van der Waals surface area contributed by atoms with Gasteiger partial charge < -0.3 is 4.74 Å². The largest absolute Gasteiger partial charge is 0.461 e. The van der Waals surface area contributed by atoms with Crippen LogP contribution >= 0.6 is 0 Å². The smallest absolute Gasteiger partial charge is 0.326 e. The number of para-hydroxylation sites is 2. The summed E-state index contributed by atoms with van der Waals surface area (Å²) in [5.74, 6) is -0.339. The van der Waals surface area contributed by atoms with Crippen LogP contribution in [0.25, 0.3) is 11.0 Å². The molecule has 1 aliphatic rings. The van der Waals surface area contributed by atoms with E-state index in [1.165, 1.54) is 30.0 Å². The monoisotopic (exact) mass is 314 g/mol. The minimum atomic E-state index is -0.339. The lowest BCUT2D eigenvalue weighted by Gasteiger charge is -2.20. The van der Waals surface area contributed by atoms with Gasteiger partial charge in [-0.3, -0.25) is 14.2 Å². The molecule has 0 unspecified atom stereocenters. The quantitative estimate of drug-likeness (QED) is 0.817. The topological polar surface area (TPSA) is 61.2 Å². The van der Waals surface area contributed by atoms with Crippen LogP contribution in [0.5, 0.6) is 0 Å². The van der Waals surface area contributed by atoms with E-state index in [2.05, 4.69) is 4.98 Å². The number of aromatic nitrogens is 2. The van der Waals surface area contributed by atoms with Gasteiger partial charge >= 0.3 is 5.97 Å². The highest BCUT2D eigenvalue weighted by Crippen LogP contribution is 2.19. The summed E-state index contributed by atoms with van der Waals surface area (Å²) in [6.07, 6.45) is 9.02. The fourth-order valence-electron chi connectivity index (χ4n) is 3.17. The number of benzene rings is 1. The first kappa shape index (κ1) is 15.7. The van der Waals surface area contributed by atoms with Gasteiger partial charge in [-0.1, -0.05) is 31.4 Å². The third-order valence-electron chi connectivity index (χ3n) is 4.39. The number of carbonyl (C=O) groups is 1. The molecule has 2 aromatic rings. The van der Waals surface area contributed by atoms with E-state index in [-0.39, 0.29) is 24.2 Å². The van der Waals surface area contributed by atoms with Gasteiger partial charge in [0.25, 0.3) is 5.56 Å².